The van der Waals surface area contributed by atoms with Crippen molar-refractivity contribution in [1.82, 2.24) is 0 Å². The normalized spacial score (nSPS) is 27.7. The maximum absolute atomic E-state index is 12.6. The minimum Gasteiger partial charge on any atom is -0.494 e. The predicted molar refractivity (Wildman–Crippen MR) is 77.6 cm³/mol. The molecule has 0 aromatic heterocycles. The van der Waals surface area contributed by atoms with Crippen molar-refractivity contribution in [2.75, 3.05) is 14.2 Å². The number of ether oxygens (including phenoxy) is 3. The molecule has 21 heavy (non-hydrogen) atoms. The molecule has 0 radical (unpaired) electrons. The number of epoxide rings is 1. The average molecular weight is 286 g/mol. The number of allylic oxidation sites excluding steroid dienone is 1. The van der Waals surface area contributed by atoms with Gasteiger partial charge in [-0.25, -0.2) is 0 Å². The number of carbonyl (C=O) groups excluding carboxylic acids is 1. The lowest BCUT2D eigenvalue weighted by atomic mass is 9.87. The molecular formula is C17H18O4. The van der Waals surface area contributed by atoms with Crippen molar-refractivity contribution in [3.63, 3.8) is 0 Å². The van der Waals surface area contributed by atoms with Crippen LogP contribution in [0.25, 0.3) is 0 Å². The third-order valence-corrected chi connectivity index (χ3v) is 4.01. The van der Waals surface area contributed by atoms with E-state index in [1.165, 1.54) is 14.2 Å². The van der Waals surface area contributed by atoms with Crippen LogP contribution in [-0.4, -0.2) is 31.7 Å². The lowest BCUT2D eigenvalue weighted by Crippen LogP contribution is -2.29. The fourth-order valence-electron chi connectivity index (χ4n) is 2.85. The van der Waals surface area contributed by atoms with Crippen molar-refractivity contribution in [2.24, 2.45) is 0 Å². The second-order valence-electron chi connectivity index (χ2n) is 5.28. The van der Waals surface area contributed by atoms with Crippen LogP contribution in [0.15, 0.2) is 53.5 Å². The maximum atomic E-state index is 12.6. The van der Waals surface area contributed by atoms with Crippen LogP contribution in [-0.2, 0) is 25.4 Å². The second kappa shape index (κ2) is 5.04. The number of ketones is 1. The summed E-state index contributed by atoms with van der Waals surface area (Å²) in [7, 11) is 3.02. The number of carbonyl (C=O) groups is 1. The minimum absolute atomic E-state index is 0.0172. The zero-order valence-electron chi connectivity index (χ0n) is 12.4. The van der Waals surface area contributed by atoms with Gasteiger partial charge in [0.05, 0.1) is 20.3 Å². The zero-order chi connectivity index (χ0) is 15.0. The molecule has 0 N–H and O–H groups in total. The summed E-state index contributed by atoms with van der Waals surface area (Å²) in [5.74, 6) is 0.584. The van der Waals surface area contributed by atoms with E-state index in [-0.39, 0.29) is 17.6 Å². The molecule has 1 aliphatic carbocycles. The summed E-state index contributed by atoms with van der Waals surface area (Å²) in [6, 6.07) is 9.88. The van der Waals surface area contributed by atoms with Crippen LogP contribution in [0.1, 0.15) is 12.5 Å². The Morgan fingerprint density at radius 1 is 1.19 bits per heavy atom. The van der Waals surface area contributed by atoms with Crippen molar-refractivity contribution in [2.45, 2.75) is 25.0 Å². The molecule has 1 fully saturated rings. The molecule has 1 aromatic rings. The molecule has 0 bridgehead atoms. The Morgan fingerprint density at radius 2 is 1.86 bits per heavy atom. The number of benzene rings is 1. The van der Waals surface area contributed by atoms with Crippen molar-refractivity contribution in [1.29, 1.82) is 0 Å². The first kappa shape index (κ1) is 13.9. The molecule has 4 heteroatoms. The third-order valence-electron chi connectivity index (χ3n) is 4.01. The summed E-state index contributed by atoms with van der Waals surface area (Å²) in [4.78, 5) is 12.6. The topological polar surface area (TPSA) is 48.1 Å². The summed E-state index contributed by atoms with van der Waals surface area (Å²) in [5.41, 5.74) is 1.12. The van der Waals surface area contributed by atoms with Gasteiger partial charge in [-0.1, -0.05) is 30.3 Å². The largest absolute Gasteiger partial charge is 0.494 e. The van der Waals surface area contributed by atoms with Gasteiger partial charge in [0, 0.05) is 12.0 Å². The number of hydrogen-bond donors (Lipinski definition) is 0. The van der Waals surface area contributed by atoms with Gasteiger partial charge in [0.1, 0.15) is 0 Å². The Balaban J connectivity index is 1.98. The molecule has 2 aliphatic rings. The minimum atomic E-state index is -0.641. The summed E-state index contributed by atoms with van der Waals surface area (Å²) in [6.45, 7) is 1.96. The van der Waals surface area contributed by atoms with Gasteiger partial charge in [-0.2, -0.15) is 0 Å². The first-order valence-corrected chi connectivity index (χ1v) is 6.93. The van der Waals surface area contributed by atoms with Crippen LogP contribution in [0.4, 0.5) is 0 Å². The molecule has 110 valence electrons. The van der Waals surface area contributed by atoms with Crippen LogP contribution in [0.3, 0.4) is 0 Å². The highest BCUT2D eigenvalue weighted by molar-refractivity contribution is 6.09. The molecule has 3 rings (SSSR count). The highest BCUT2D eigenvalue weighted by Crippen LogP contribution is 2.49. The van der Waals surface area contributed by atoms with Crippen molar-refractivity contribution in [3.05, 3.63) is 59.1 Å². The zero-order valence-corrected chi connectivity index (χ0v) is 12.4. The van der Waals surface area contributed by atoms with Gasteiger partial charge < -0.3 is 14.2 Å². The van der Waals surface area contributed by atoms with E-state index in [0.29, 0.717) is 17.8 Å². The van der Waals surface area contributed by atoms with E-state index < -0.39 is 5.60 Å². The third kappa shape index (κ3) is 2.16. The number of hydrogen-bond acceptors (Lipinski definition) is 4. The van der Waals surface area contributed by atoms with E-state index in [0.717, 1.165) is 5.56 Å². The van der Waals surface area contributed by atoms with E-state index in [2.05, 4.69) is 0 Å². The number of rotatable bonds is 4. The predicted octanol–water partition coefficient (Wildman–Crippen LogP) is 2.40. The summed E-state index contributed by atoms with van der Waals surface area (Å²) >= 11 is 0. The van der Waals surface area contributed by atoms with Crippen LogP contribution in [0.2, 0.25) is 0 Å². The van der Waals surface area contributed by atoms with Crippen LogP contribution >= 0.6 is 0 Å². The van der Waals surface area contributed by atoms with Gasteiger partial charge in [-0.3, -0.25) is 4.79 Å². The van der Waals surface area contributed by atoms with Crippen LogP contribution in [0, 0.1) is 0 Å². The Labute approximate surface area is 124 Å². The molecular weight excluding hydrogens is 268 g/mol. The van der Waals surface area contributed by atoms with E-state index in [9.17, 15) is 4.79 Å². The first-order valence-electron chi connectivity index (χ1n) is 6.93. The smallest absolute Gasteiger partial charge is 0.227 e. The monoisotopic (exact) mass is 286 g/mol. The Kier molecular flexibility index (Phi) is 3.33. The molecule has 2 unspecified atom stereocenters. The van der Waals surface area contributed by atoms with Crippen LogP contribution in [0.5, 0.6) is 0 Å². The second-order valence-corrected chi connectivity index (χ2v) is 5.28. The molecule has 1 heterocycles. The highest BCUT2D eigenvalue weighted by Gasteiger charge is 2.60. The Bertz CT molecular complexity index is 629. The van der Waals surface area contributed by atoms with Crippen molar-refractivity contribution >= 4 is 5.78 Å². The SMILES string of the molecule is COC1=C(OC)C2(C=C(Cc3ccccc3)C1=O)OC2C. The summed E-state index contributed by atoms with van der Waals surface area (Å²) < 4.78 is 16.4. The molecule has 1 aliphatic heterocycles. The lowest BCUT2D eigenvalue weighted by molar-refractivity contribution is -0.116. The molecule has 1 spiro atoms. The van der Waals surface area contributed by atoms with Gasteiger partial charge in [-0.15, -0.1) is 0 Å². The fourth-order valence-corrected chi connectivity index (χ4v) is 2.85. The van der Waals surface area contributed by atoms with Crippen LogP contribution < -0.4 is 0 Å². The standard InChI is InChI=1S/C17H18O4/c1-11-17(21-11)10-13(9-12-7-5-4-6-8-12)14(18)15(19-2)16(17)20-3/h4-8,10-11H,9H2,1-3H3. The Morgan fingerprint density at radius 3 is 2.38 bits per heavy atom. The fraction of sp³-hybridized carbons (Fsp3) is 0.353. The van der Waals surface area contributed by atoms with E-state index in [1.807, 2.05) is 43.3 Å². The lowest BCUT2D eigenvalue weighted by Gasteiger charge is -2.23. The average Bonchev–Trinajstić information content (AvgIpc) is 3.13. The van der Waals surface area contributed by atoms with Gasteiger partial charge >= 0.3 is 0 Å². The van der Waals surface area contributed by atoms with E-state index in [4.69, 9.17) is 14.2 Å². The van der Waals surface area contributed by atoms with Gasteiger partial charge in [0.15, 0.2) is 11.4 Å². The van der Waals surface area contributed by atoms with Gasteiger partial charge in [-0.05, 0) is 18.6 Å². The van der Waals surface area contributed by atoms with Gasteiger partial charge in [0.2, 0.25) is 11.5 Å². The number of Topliss-reactive ketones (excluding diaryl/α,β-unsaturated/α-hetero) is 1. The molecule has 0 saturated carbocycles. The van der Waals surface area contributed by atoms with Gasteiger partial charge in [0.25, 0.3) is 0 Å². The van der Waals surface area contributed by atoms with E-state index in [1.54, 1.807) is 0 Å². The quantitative estimate of drug-likeness (QED) is 0.797. The summed E-state index contributed by atoms with van der Waals surface area (Å²) in [6.07, 6.45) is 2.42. The van der Waals surface area contributed by atoms with Crippen molar-refractivity contribution in [3.8, 4) is 0 Å². The molecule has 0 amide bonds. The number of methoxy groups -OCH3 is 2. The highest BCUT2D eigenvalue weighted by atomic mass is 16.6. The maximum Gasteiger partial charge on any atom is 0.227 e. The summed E-state index contributed by atoms with van der Waals surface area (Å²) in [5, 5.41) is 0. The molecule has 2 atom stereocenters. The molecule has 1 aromatic carbocycles. The Hall–Kier alpha value is -2.07. The first-order chi connectivity index (χ1) is 10.1. The molecule has 4 nitrogen and oxygen atoms in total. The molecule has 1 saturated heterocycles. The van der Waals surface area contributed by atoms with Crippen molar-refractivity contribution < 1.29 is 19.0 Å². The van der Waals surface area contributed by atoms with E-state index >= 15 is 0 Å².